The van der Waals surface area contributed by atoms with Crippen molar-refractivity contribution in [2.24, 2.45) is 0 Å². The Morgan fingerprint density at radius 3 is 1.11 bits per heavy atom. The minimum Gasteiger partial charge on any atom is -0.242 e. The molecule has 0 rings (SSSR count). The molecule has 0 saturated carbocycles. The molecule has 0 amide bonds. The molecule has 1 heteroatoms. The third kappa shape index (κ3) is 17.9. The van der Waals surface area contributed by atoms with E-state index in [1.807, 2.05) is 6.92 Å². The number of hydrogen-bond donors (Lipinski definition) is 0. The SMILES string of the molecule is C.C.[CH2-]C(C)=C(C)C.[V]. The smallest absolute Gasteiger partial charge is 0 e. The van der Waals surface area contributed by atoms with Crippen molar-refractivity contribution in [1.29, 1.82) is 0 Å². The number of hydrogen-bond acceptors (Lipinski definition) is 0. The van der Waals surface area contributed by atoms with E-state index in [1.165, 1.54) is 11.1 Å². The van der Waals surface area contributed by atoms with Crippen molar-refractivity contribution < 1.29 is 18.6 Å². The van der Waals surface area contributed by atoms with E-state index < -0.39 is 0 Å². The molecule has 9 heavy (non-hydrogen) atoms. The summed E-state index contributed by atoms with van der Waals surface area (Å²) < 4.78 is 0. The van der Waals surface area contributed by atoms with Gasteiger partial charge < -0.3 is 0 Å². The van der Waals surface area contributed by atoms with Gasteiger partial charge in [0.15, 0.2) is 0 Å². The average Bonchev–Trinajstić information content (AvgIpc) is 1.36. The van der Waals surface area contributed by atoms with E-state index in [1.54, 1.807) is 0 Å². The fraction of sp³-hybridized carbons (Fsp3) is 0.625. The van der Waals surface area contributed by atoms with Crippen LogP contribution in [0.15, 0.2) is 11.1 Å². The topological polar surface area (TPSA) is 0 Å². The summed E-state index contributed by atoms with van der Waals surface area (Å²) in [5.41, 5.74) is 2.49. The third-order valence-electron chi connectivity index (χ3n) is 0.854. The van der Waals surface area contributed by atoms with E-state index in [2.05, 4.69) is 20.8 Å². The van der Waals surface area contributed by atoms with Gasteiger partial charge in [-0.1, -0.05) is 21.8 Å². The van der Waals surface area contributed by atoms with Crippen molar-refractivity contribution in [3.8, 4) is 0 Å². The van der Waals surface area contributed by atoms with Crippen LogP contribution in [-0.4, -0.2) is 0 Å². The maximum absolute atomic E-state index is 3.72. The second-order valence-corrected chi connectivity index (χ2v) is 1.78. The molecule has 0 fully saturated rings. The molecule has 57 valence electrons. The van der Waals surface area contributed by atoms with Crippen molar-refractivity contribution in [2.45, 2.75) is 35.6 Å². The summed E-state index contributed by atoms with van der Waals surface area (Å²) in [5.74, 6) is 0. The zero-order valence-electron chi connectivity index (χ0n) is 5.15. The van der Waals surface area contributed by atoms with Gasteiger partial charge in [0.2, 0.25) is 0 Å². The second-order valence-electron chi connectivity index (χ2n) is 1.78. The Bertz CT molecular complexity index is 54.6. The summed E-state index contributed by atoms with van der Waals surface area (Å²) in [6.45, 7) is 9.84. The molecule has 1 radical (unpaired) electrons. The molecule has 0 aromatic heterocycles. The first-order valence-corrected chi connectivity index (χ1v) is 2.10. The third-order valence-corrected chi connectivity index (χ3v) is 0.854. The minimum absolute atomic E-state index is 0. The summed E-state index contributed by atoms with van der Waals surface area (Å²) >= 11 is 0. The van der Waals surface area contributed by atoms with Gasteiger partial charge in [-0.3, -0.25) is 0 Å². The van der Waals surface area contributed by atoms with Crippen LogP contribution in [-0.2, 0) is 18.6 Å². The molecule has 0 aliphatic heterocycles. The molecule has 0 aromatic carbocycles. The monoisotopic (exact) mass is 166 g/mol. The minimum atomic E-state index is 0. The van der Waals surface area contributed by atoms with Crippen LogP contribution in [0.3, 0.4) is 0 Å². The maximum atomic E-state index is 3.72. The molecule has 0 aliphatic carbocycles. The van der Waals surface area contributed by atoms with Crippen molar-refractivity contribution >= 4 is 0 Å². The molecule has 0 bridgehead atoms. The van der Waals surface area contributed by atoms with Gasteiger partial charge in [-0.05, 0) is 0 Å². The summed E-state index contributed by atoms with van der Waals surface area (Å²) in [6.07, 6.45) is 0. The van der Waals surface area contributed by atoms with E-state index in [9.17, 15) is 0 Å². The first kappa shape index (κ1) is 22.9. The van der Waals surface area contributed by atoms with Crippen LogP contribution >= 0.6 is 0 Å². The van der Waals surface area contributed by atoms with Crippen LogP contribution in [0.25, 0.3) is 0 Å². The Labute approximate surface area is 72.6 Å². The number of allylic oxidation sites excluding steroid dienone is 2. The van der Waals surface area contributed by atoms with Crippen molar-refractivity contribution in [1.82, 2.24) is 0 Å². The molecule has 0 aromatic rings. The molecular formula is C8H19V-. The van der Waals surface area contributed by atoms with Crippen LogP contribution in [0.1, 0.15) is 35.6 Å². The maximum Gasteiger partial charge on any atom is 0 e. The van der Waals surface area contributed by atoms with Gasteiger partial charge in [0.25, 0.3) is 0 Å². The van der Waals surface area contributed by atoms with Crippen LogP contribution in [0.4, 0.5) is 0 Å². The zero-order valence-corrected chi connectivity index (χ0v) is 6.55. The summed E-state index contributed by atoms with van der Waals surface area (Å²) in [5, 5.41) is 0. The first-order valence-electron chi connectivity index (χ1n) is 2.10. The molecule has 0 unspecified atom stereocenters. The van der Waals surface area contributed by atoms with Crippen LogP contribution < -0.4 is 0 Å². The summed E-state index contributed by atoms with van der Waals surface area (Å²) in [7, 11) is 0. The first-order chi connectivity index (χ1) is 2.64. The Kier molecular flexibility index (Phi) is 28.1. The van der Waals surface area contributed by atoms with E-state index in [4.69, 9.17) is 0 Å². The number of rotatable bonds is 0. The predicted octanol–water partition coefficient (Wildman–Crippen LogP) is 3.45. The van der Waals surface area contributed by atoms with Crippen LogP contribution in [0.2, 0.25) is 0 Å². The molecule has 0 atom stereocenters. The molecular weight excluding hydrogens is 147 g/mol. The molecule has 0 aliphatic rings. The van der Waals surface area contributed by atoms with E-state index in [0.717, 1.165) is 0 Å². The van der Waals surface area contributed by atoms with Gasteiger partial charge in [-0.15, -0.1) is 13.8 Å². The standard InChI is InChI=1S/C6H11.2CH4.V/c1-5(2)6(3)4;;;/h1H2,2-4H3;2*1H4;/q-1;;;. The summed E-state index contributed by atoms with van der Waals surface area (Å²) in [6, 6.07) is 0. The molecule has 0 saturated heterocycles. The molecule has 0 spiro atoms. The molecule has 0 nitrogen and oxygen atoms in total. The predicted molar refractivity (Wildman–Crippen MR) is 42.9 cm³/mol. The molecule has 0 heterocycles. The van der Waals surface area contributed by atoms with Gasteiger partial charge in [0.05, 0.1) is 0 Å². The Balaban J connectivity index is -0.0000000417. The summed E-state index contributed by atoms with van der Waals surface area (Å²) in [4.78, 5) is 0. The molecule has 0 N–H and O–H groups in total. The van der Waals surface area contributed by atoms with Gasteiger partial charge in [0, 0.05) is 18.6 Å². The second kappa shape index (κ2) is 11.1. The Hall–Kier alpha value is 0.194. The van der Waals surface area contributed by atoms with Gasteiger partial charge in [-0.25, -0.2) is 18.1 Å². The Morgan fingerprint density at radius 1 is 1.00 bits per heavy atom. The van der Waals surface area contributed by atoms with E-state index >= 15 is 0 Å². The zero-order chi connectivity index (χ0) is 5.15. The Morgan fingerprint density at radius 2 is 1.11 bits per heavy atom. The average molecular weight is 166 g/mol. The van der Waals surface area contributed by atoms with E-state index in [-0.39, 0.29) is 33.4 Å². The van der Waals surface area contributed by atoms with Crippen molar-refractivity contribution in [3.63, 3.8) is 0 Å². The van der Waals surface area contributed by atoms with Gasteiger partial charge in [-0.2, -0.15) is 0 Å². The normalized spacial score (nSPS) is 5.22. The van der Waals surface area contributed by atoms with Crippen LogP contribution in [0.5, 0.6) is 0 Å². The fourth-order valence-electron chi connectivity index (χ4n) is 0. The quantitative estimate of drug-likeness (QED) is 0.483. The van der Waals surface area contributed by atoms with Crippen LogP contribution in [0, 0.1) is 6.92 Å². The largest absolute Gasteiger partial charge is 0.242 e. The van der Waals surface area contributed by atoms with Gasteiger partial charge in [0.1, 0.15) is 0 Å². The van der Waals surface area contributed by atoms with Crippen molar-refractivity contribution in [3.05, 3.63) is 18.1 Å². The van der Waals surface area contributed by atoms with Crippen molar-refractivity contribution in [2.75, 3.05) is 0 Å². The van der Waals surface area contributed by atoms with E-state index in [0.29, 0.717) is 0 Å². The fourth-order valence-corrected chi connectivity index (χ4v) is 0. The van der Waals surface area contributed by atoms with Gasteiger partial charge >= 0.3 is 0 Å².